The molecule has 149 heavy (non-hydrogen) atoms. The van der Waals surface area contributed by atoms with Crippen molar-refractivity contribution in [2.24, 2.45) is 41.1 Å². The molecule has 0 fully saturated rings. The third-order valence-corrected chi connectivity index (χ3v) is 25.3. The molecule has 0 bridgehead atoms. The highest BCUT2D eigenvalue weighted by atomic mass is 79.9. The molecule has 0 spiro atoms. The maximum atomic E-state index is 14.2. The molecule has 0 saturated carbocycles. The number of rotatable bonds is 42. The van der Waals surface area contributed by atoms with Gasteiger partial charge in [0.15, 0.2) is 5.01 Å². The number of carboxylic acids is 1. The van der Waals surface area contributed by atoms with Crippen LogP contribution in [-0.4, -0.2) is 200 Å². The SMILES string of the molecule is C=C(C[C@H]1CC(C(=O)OC(OC(=O)C(C(C)C)N2C(=O)c3ccccc3C2=O)c2ccccc2)=C[C@@H](OC(CC)CC)[C@@H]1NC(C)=O)NC(=O)OC(C)(C)C.C=C(NC(=O)OC(C)(C)C)N[C@H]1CC(C(=O)O)=C[C@@H](OC(CC)CC)[C@@H]1NC(C)=O.CC(C)[C@H](C(=O)OC(Br)c1ccccc1)N1C(=O)c2ccccc2C1=O.CCC(CC)O[C@@H]1C=C(C(=O)OC(OC(=O)C(N)C(C)C)c2ccccc2)C[C@H](CC(=N)N)[C@H]1NC(C)=O. The van der Waals surface area contributed by atoms with Crippen molar-refractivity contribution in [2.45, 2.75) is 324 Å². The van der Waals surface area contributed by atoms with Crippen molar-refractivity contribution in [3.63, 3.8) is 0 Å². The Morgan fingerprint density at radius 1 is 0.436 bits per heavy atom. The van der Waals surface area contributed by atoms with Crippen molar-refractivity contribution in [2.75, 3.05) is 0 Å². The summed E-state index contributed by atoms with van der Waals surface area (Å²) in [7, 11) is 0. The minimum atomic E-state index is -1.56. The van der Waals surface area contributed by atoms with Crippen LogP contribution >= 0.6 is 15.9 Å². The molecule has 0 saturated heterocycles. The van der Waals surface area contributed by atoms with Gasteiger partial charge in [-0.1, -0.05) is 212 Å². The van der Waals surface area contributed by atoms with Crippen molar-refractivity contribution in [1.82, 2.24) is 41.7 Å². The lowest BCUT2D eigenvalue weighted by molar-refractivity contribution is -0.192. The highest BCUT2D eigenvalue weighted by Gasteiger charge is 2.50. The van der Waals surface area contributed by atoms with Crippen LogP contribution in [0.1, 0.15) is 292 Å². The van der Waals surface area contributed by atoms with Gasteiger partial charge in [0.2, 0.25) is 17.7 Å². The smallest absolute Gasteiger partial charge is 0.413 e. The zero-order chi connectivity index (χ0) is 111. The predicted octanol–water partition coefficient (Wildman–Crippen LogP) is 16.0. The first kappa shape index (κ1) is 122. The number of benzene rings is 5. The van der Waals surface area contributed by atoms with E-state index < -0.39 is 173 Å². The normalized spacial score (nSPS) is 19.5. The minimum absolute atomic E-state index is 0.0694. The quantitative estimate of drug-likeness (QED) is 0.00330. The van der Waals surface area contributed by atoms with Gasteiger partial charge >= 0.3 is 48.0 Å². The summed E-state index contributed by atoms with van der Waals surface area (Å²) in [5.41, 5.74) is 13.8. The predicted molar refractivity (Wildman–Crippen MR) is 559 cm³/mol. The molecule has 5 aliphatic rings. The average molecular weight is 2130 g/mol. The van der Waals surface area contributed by atoms with Crippen molar-refractivity contribution in [3.8, 4) is 0 Å². The molecule has 2 heterocycles. The van der Waals surface area contributed by atoms with Crippen LogP contribution in [0.2, 0.25) is 0 Å². The number of amidine groups is 1. The molecule has 38 heteroatoms. The number of nitrogens with two attached hydrogens (primary N) is 2. The first-order valence-corrected chi connectivity index (χ1v) is 51.2. The number of nitrogens with zero attached hydrogens (tertiary/aromatic N) is 2. The fraction of sp³-hybridized carbons (Fsp3) is 0.495. The fourth-order valence-corrected chi connectivity index (χ4v) is 17.7. The molecule has 2 aliphatic heterocycles. The largest absolute Gasteiger partial charge is 0.478 e. The Labute approximate surface area is 880 Å². The van der Waals surface area contributed by atoms with Crippen LogP contribution in [0.3, 0.4) is 0 Å². The van der Waals surface area contributed by atoms with Crippen LogP contribution in [0.5, 0.6) is 0 Å². The standard InChI is InChI=1S/C42H53N3O10.C28H42N4O6.C21H35N3O6.C20H18BrNO4/c1-10-30(11-2)52-33-23-29(22-28(34(33)44-26(6)46)21-25(5)43-41(51)55-42(7,8)9)38(49)53-40(27-17-13-12-14-18-27)54-39(50)35(24(3)4)45-36(47)31-19-15-16-20-32(31)37(45)48;1-6-21(7-2)36-22-14-20(13-19(15-23(29)30)25(22)32-17(5)33)26(34)37-28(18-11-9-8-10-12-18)38-27(35)24(31)16(3)4;1-8-15(9-2)29-17-11-14(19(26)27)10-16(18(17)24-13(4)25)22-12(3)23-20(28)30-21(5,6)7;1-12(2)16(20(25)26-17(21)13-8-4-3-5-9-13)22-18(23)14-10-6-7-11-15(14)19(22)24/h12-20,23-24,28,30,33-35,40H,5,10-11,21-22H2,1-4,6-9H3,(H,43,51)(H,44,46);8-12,14,16,19,21-22,24-25,28H,6-7,13,15,31H2,1-5H3,(H3,29,30)(H,32,33);11,15-18,22H,3,8-10H2,1-2,4-7H3,(H,23,28)(H,24,25)(H,26,27);3-12,16-17H,1-2H3/t28-,33+,34+,35?,40?;19-,22-,24?,25-,28?;16-,17+,18+;16-,17?/m0101/s1. The molecule has 5 aromatic carbocycles. The number of hydrogen-bond donors (Lipinski definition) is 10. The van der Waals surface area contributed by atoms with E-state index in [0.717, 1.165) is 41.0 Å². The molecule has 37 nitrogen and oxygen atoms in total. The summed E-state index contributed by atoms with van der Waals surface area (Å²) >= 11 is 3.34. The number of allylic oxidation sites excluding steroid dienone is 1. The third-order valence-electron chi connectivity index (χ3n) is 24.6. The van der Waals surface area contributed by atoms with Crippen LogP contribution in [-0.2, 0) is 90.5 Å². The Balaban J connectivity index is 0.000000281. The summed E-state index contributed by atoms with van der Waals surface area (Å²) in [6, 6.07) is 33.7. The van der Waals surface area contributed by atoms with E-state index in [-0.39, 0.29) is 120 Å². The number of imide groups is 2. The van der Waals surface area contributed by atoms with E-state index in [2.05, 4.69) is 61.0 Å². The van der Waals surface area contributed by atoms with Crippen LogP contribution in [0.4, 0.5) is 9.59 Å². The molecule has 0 aromatic heterocycles. The average Bonchev–Trinajstić information content (AvgIpc) is 1.63. The molecule has 0 radical (unpaired) electrons. The summed E-state index contributed by atoms with van der Waals surface area (Å²) in [5.74, 6) is -9.68. The maximum Gasteiger partial charge on any atom is 0.413 e. The number of ether oxygens (including phenoxy) is 10. The van der Waals surface area contributed by atoms with Crippen molar-refractivity contribution in [3.05, 3.63) is 238 Å². The summed E-state index contributed by atoms with van der Waals surface area (Å²) in [6.45, 7) is 44.8. The Bertz CT molecular complexity index is 5560. The van der Waals surface area contributed by atoms with Crippen molar-refractivity contribution >= 4 is 111 Å². The van der Waals surface area contributed by atoms with Crippen molar-refractivity contribution < 1.29 is 124 Å². The number of hydrogen-bond acceptors (Lipinski definition) is 28. The lowest BCUT2D eigenvalue weighted by atomic mass is 9.79. The number of amides is 9. The summed E-state index contributed by atoms with van der Waals surface area (Å²) in [6.07, 6.45) is 3.09. The molecule has 810 valence electrons. The van der Waals surface area contributed by atoms with Gasteiger partial charge in [0, 0.05) is 72.7 Å². The molecule has 12 N–H and O–H groups in total. The first-order valence-electron chi connectivity index (χ1n) is 50.3. The fourth-order valence-electron chi connectivity index (χ4n) is 17.2. The Morgan fingerprint density at radius 2 is 0.758 bits per heavy atom. The van der Waals surface area contributed by atoms with Crippen molar-refractivity contribution in [1.29, 1.82) is 5.41 Å². The van der Waals surface area contributed by atoms with Gasteiger partial charge in [-0.25, -0.2) is 33.6 Å². The third kappa shape index (κ3) is 36.4. The molecule has 3 aliphatic carbocycles. The van der Waals surface area contributed by atoms with E-state index in [1.165, 1.54) is 32.9 Å². The van der Waals surface area contributed by atoms with Crippen LogP contribution in [0.15, 0.2) is 199 Å². The molecule has 15 atom stereocenters. The number of alkyl halides is 1. The molecule has 5 unspecified atom stereocenters. The molecule has 10 rings (SSSR count). The highest BCUT2D eigenvalue weighted by molar-refractivity contribution is 9.09. The number of fused-ring (bicyclic) bond motifs is 2. The Morgan fingerprint density at radius 3 is 1.09 bits per heavy atom. The molecule has 5 aromatic rings. The number of carbonyl (C=O) groups is 15. The lowest BCUT2D eigenvalue weighted by Crippen LogP contribution is -2.59. The van der Waals surface area contributed by atoms with E-state index in [1.54, 1.807) is 198 Å². The van der Waals surface area contributed by atoms with E-state index in [9.17, 15) is 77.0 Å². The first-order chi connectivity index (χ1) is 70.2. The van der Waals surface area contributed by atoms with E-state index in [0.29, 0.717) is 46.4 Å². The Hall–Kier alpha value is -13.6. The zero-order valence-corrected chi connectivity index (χ0v) is 90.5. The van der Waals surface area contributed by atoms with Gasteiger partial charge in [-0.05, 0) is 187 Å². The van der Waals surface area contributed by atoms with Gasteiger partial charge in [-0.2, -0.15) is 0 Å². The molecular formula is C111H148BrN11O26. The van der Waals surface area contributed by atoms with Crippen LogP contribution in [0, 0.1) is 35.0 Å². The highest BCUT2D eigenvalue weighted by Crippen LogP contribution is 2.40. The van der Waals surface area contributed by atoms with Gasteiger partial charge in [0.1, 0.15) is 35.1 Å². The number of nitrogens with one attached hydrogen (secondary N) is 7. The second kappa shape index (κ2) is 57.3. The number of esters is 5. The molecule has 9 amide bonds. The van der Waals surface area contributed by atoms with Gasteiger partial charge in [-0.3, -0.25) is 64.2 Å². The summed E-state index contributed by atoms with van der Waals surface area (Å²) in [5, 5.41) is 33.6. The second-order valence-corrected chi connectivity index (χ2v) is 40.7. The topological polar surface area (TPSA) is 523 Å². The van der Waals surface area contributed by atoms with E-state index >= 15 is 0 Å². The number of alkyl carbamates (subject to hydrolysis) is 2. The van der Waals surface area contributed by atoms with Gasteiger partial charge in [0.25, 0.3) is 36.2 Å². The number of carboxylic acid groups (broad SMARTS) is 1. The minimum Gasteiger partial charge on any atom is -0.478 e. The van der Waals surface area contributed by atoms with Gasteiger partial charge in [-0.15, -0.1) is 0 Å². The summed E-state index contributed by atoms with van der Waals surface area (Å²) < 4.78 is 58.0. The monoisotopic (exact) mass is 2130 g/mol. The number of carbonyl (C=O) groups excluding carboxylic acids is 14. The van der Waals surface area contributed by atoms with Crippen LogP contribution < -0.4 is 43.4 Å². The summed E-state index contributed by atoms with van der Waals surface area (Å²) in [4.78, 5) is 194. The number of halogens is 1. The maximum absolute atomic E-state index is 14.2. The van der Waals surface area contributed by atoms with Crippen LogP contribution in [0.25, 0.3) is 0 Å². The molecular weight excluding hydrogens is 1980 g/mol. The van der Waals surface area contributed by atoms with Gasteiger partial charge < -0.3 is 85.2 Å². The van der Waals surface area contributed by atoms with E-state index in [1.807, 2.05) is 71.9 Å². The second-order valence-electron chi connectivity index (χ2n) is 39.9. The Kier molecular flexibility index (Phi) is 47.0. The van der Waals surface area contributed by atoms with Gasteiger partial charge in [0.05, 0.1) is 88.9 Å². The lowest BCUT2D eigenvalue weighted by Gasteiger charge is -2.39. The van der Waals surface area contributed by atoms with E-state index in [4.69, 9.17) is 64.2 Å². The number of aliphatic carboxylic acids is 1. The zero-order valence-electron chi connectivity index (χ0n) is 88.9.